The number of ether oxygens (including phenoxy) is 2. The van der Waals surface area contributed by atoms with Gasteiger partial charge in [0.15, 0.2) is 0 Å². The van der Waals surface area contributed by atoms with Gasteiger partial charge in [0.25, 0.3) is 0 Å². The van der Waals surface area contributed by atoms with Gasteiger partial charge in [0, 0.05) is 12.1 Å². The lowest BCUT2D eigenvalue weighted by atomic mass is 10.3. The van der Waals surface area contributed by atoms with Crippen molar-refractivity contribution in [2.45, 2.75) is 13.3 Å². The first-order chi connectivity index (χ1) is 9.30. The summed E-state index contributed by atoms with van der Waals surface area (Å²) in [4.78, 5) is 0. The van der Waals surface area contributed by atoms with E-state index < -0.39 is 12.1 Å². The average Bonchev–Trinajstić information content (AvgIpc) is 2.68. The van der Waals surface area contributed by atoms with Gasteiger partial charge in [-0.15, -0.1) is 13.2 Å². The standard InChI is InChI=1S/C12H10ClF3N2O2/c1-7-5-11(19-2)18(17-7)10-4-3-8(6-9(10)13)20-12(14,15)16/h3-6H,1-2H3. The molecule has 4 nitrogen and oxygen atoms in total. The number of nitrogens with zero attached hydrogens (tertiary/aromatic N) is 2. The summed E-state index contributed by atoms with van der Waals surface area (Å²) in [5.74, 6) is 0.0305. The van der Waals surface area contributed by atoms with E-state index >= 15 is 0 Å². The molecule has 0 fully saturated rings. The van der Waals surface area contributed by atoms with Crippen LogP contribution in [0.2, 0.25) is 5.02 Å². The van der Waals surface area contributed by atoms with Crippen LogP contribution in [0, 0.1) is 6.92 Å². The zero-order chi connectivity index (χ0) is 14.9. The van der Waals surface area contributed by atoms with E-state index in [0.29, 0.717) is 17.3 Å². The van der Waals surface area contributed by atoms with Gasteiger partial charge in [0.2, 0.25) is 5.88 Å². The van der Waals surface area contributed by atoms with Crippen LogP contribution >= 0.6 is 11.6 Å². The highest BCUT2D eigenvalue weighted by atomic mass is 35.5. The van der Waals surface area contributed by atoms with Crippen molar-refractivity contribution >= 4 is 11.6 Å². The maximum absolute atomic E-state index is 12.1. The first-order valence-electron chi connectivity index (χ1n) is 5.46. The minimum Gasteiger partial charge on any atom is -0.481 e. The van der Waals surface area contributed by atoms with Crippen molar-refractivity contribution in [3.63, 3.8) is 0 Å². The lowest BCUT2D eigenvalue weighted by Crippen LogP contribution is -2.17. The molecule has 20 heavy (non-hydrogen) atoms. The van der Waals surface area contributed by atoms with Gasteiger partial charge in [-0.2, -0.15) is 9.78 Å². The summed E-state index contributed by atoms with van der Waals surface area (Å²) in [5, 5.41) is 4.22. The van der Waals surface area contributed by atoms with Crippen molar-refractivity contribution in [1.29, 1.82) is 0 Å². The number of hydrogen-bond donors (Lipinski definition) is 0. The van der Waals surface area contributed by atoms with Crippen molar-refractivity contribution in [2.24, 2.45) is 0 Å². The van der Waals surface area contributed by atoms with E-state index in [1.165, 1.54) is 17.9 Å². The number of hydrogen-bond acceptors (Lipinski definition) is 3. The molecule has 2 rings (SSSR count). The summed E-state index contributed by atoms with van der Waals surface area (Å²) in [6.07, 6.45) is -4.76. The van der Waals surface area contributed by atoms with Gasteiger partial charge < -0.3 is 9.47 Å². The number of halogens is 4. The molecule has 8 heteroatoms. The molecule has 2 aromatic rings. The summed E-state index contributed by atoms with van der Waals surface area (Å²) < 4.78 is 46.7. The highest BCUT2D eigenvalue weighted by Gasteiger charge is 2.31. The van der Waals surface area contributed by atoms with Crippen LogP contribution in [0.5, 0.6) is 11.6 Å². The molecule has 0 atom stereocenters. The van der Waals surface area contributed by atoms with E-state index in [0.717, 1.165) is 12.1 Å². The molecule has 0 amide bonds. The van der Waals surface area contributed by atoms with E-state index in [4.69, 9.17) is 16.3 Å². The van der Waals surface area contributed by atoms with Gasteiger partial charge in [-0.1, -0.05) is 11.6 Å². The normalized spacial score (nSPS) is 11.5. The monoisotopic (exact) mass is 306 g/mol. The molecular formula is C12H10ClF3N2O2. The molecule has 0 unspecified atom stereocenters. The number of aryl methyl sites for hydroxylation is 1. The molecule has 0 saturated heterocycles. The Bertz CT molecular complexity index is 626. The van der Waals surface area contributed by atoms with E-state index in [-0.39, 0.29) is 5.02 Å². The second kappa shape index (κ2) is 5.24. The molecule has 1 aromatic heterocycles. The molecule has 1 heterocycles. The second-order valence-corrected chi connectivity index (χ2v) is 4.31. The second-order valence-electron chi connectivity index (χ2n) is 3.90. The average molecular weight is 307 g/mol. The predicted molar refractivity (Wildman–Crippen MR) is 66.5 cm³/mol. The van der Waals surface area contributed by atoms with Crippen LogP contribution in [-0.2, 0) is 0 Å². The molecule has 0 saturated carbocycles. The smallest absolute Gasteiger partial charge is 0.481 e. The van der Waals surface area contributed by atoms with Crippen molar-refractivity contribution < 1.29 is 22.6 Å². The number of aromatic nitrogens is 2. The predicted octanol–water partition coefficient (Wildman–Crippen LogP) is 3.74. The fourth-order valence-corrected chi connectivity index (χ4v) is 1.90. The van der Waals surface area contributed by atoms with Gasteiger partial charge in [-0.3, -0.25) is 0 Å². The van der Waals surface area contributed by atoms with Crippen LogP contribution in [-0.4, -0.2) is 23.3 Å². The van der Waals surface area contributed by atoms with Gasteiger partial charge in [-0.05, 0) is 19.1 Å². The van der Waals surface area contributed by atoms with Crippen LogP contribution in [0.15, 0.2) is 24.3 Å². The van der Waals surface area contributed by atoms with Crippen molar-refractivity contribution in [2.75, 3.05) is 7.11 Å². The molecule has 0 aliphatic heterocycles. The van der Waals surface area contributed by atoms with Crippen LogP contribution in [0.3, 0.4) is 0 Å². The molecular weight excluding hydrogens is 297 g/mol. The lowest BCUT2D eigenvalue weighted by molar-refractivity contribution is -0.274. The Morgan fingerprint density at radius 3 is 2.50 bits per heavy atom. The molecule has 0 N–H and O–H groups in total. The summed E-state index contributed by atoms with van der Waals surface area (Å²) in [7, 11) is 1.46. The third-order valence-corrected chi connectivity index (χ3v) is 2.69. The highest BCUT2D eigenvalue weighted by molar-refractivity contribution is 6.32. The Balaban J connectivity index is 2.39. The molecule has 0 aliphatic carbocycles. The molecule has 108 valence electrons. The quantitative estimate of drug-likeness (QED) is 0.866. The number of alkyl halides is 3. The Morgan fingerprint density at radius 2 is 1.95 bits per heavy atom. The topological polar surface area (TPSA) is 36.3 Å². The third-order valence-electron chi connectivity index (χ3n) is 2.39. The molecule has 0 bridgehead atoms. The van der Waals surface area contributed by atoms with Crippen molar-refractivity contribution in [3.05, 3.63) is 35.0 Å². The number of rotatable bonds is 3. The number of benzene rings is 1. The first kappa shape index (κ1) is 14.5. The highest BCUT2D eigenvalue weighted by Crippen LogP contribution is 2.31. The van der Waals surface area contributed by atoms with Crippen LogP contribution in [0.4, 0.5) is 13.2 Å². The fourth-order valence-electron chi connectivity index (χ4n) is 1.65. The van der Waals surface area contributed by atoms with Gasteiger partial charge in [-0.25, -0.2) is 0 Å². The summed E-state index contributed by atoms with van der Waals surface area (Å²) in [6, 6.07) is 5.28. The molecule has 0 radical (unpaired) electrons. The third kappa shape index (κ3) is 3.16. The Hall–Kier alpha value is -1.89. The number of methoxy groups -OCH3 is 1. The minimum atomic E-state index is -4.76. The summed E-state index contributed by atoms with van der Waals surface area (Å²) in [6.45, 7) is 1.76. The SMILES string of the molecule is COc1cc(C)nn1-c1ccc(OC(F)(F)F)cc1Cl. The van der Waals surface area contributed by atoms with E-state index in [9.17, 15) is 13.2 Å². The molecule has 0 spiro atoms. The van der Waals surface area contributed by atoms with Crippen molar-refractivity contribution in [3.8, 4) is 17.3 Å². The van der Waals surface area contributed by atoms with Gasteiger partial charge in [0.05, 0.1) is 23.5 Å². The van der Waals surface area contributed by atoms with Gasteiger partial charge in [0.1, 0.15) is 5.75 Å². The molecule has 1 aromatic carbocycles. The minimum absolute atomic E-state index is 0.0631. The maximum atomic E-state index is 12.1. The first-order valence-corrected chi connectivity index (χ1v) is 5.84. The fraction of sp³-hybridized carbons (Fsp3) is 0.250. The molecule has 0 aliphatic rings. The largest absolute Gasteiger partial charge is 0.573 e. The van der Waals surface area contributed by atoms with Crippen LogP contribution < -0.4 is 9.47 Å². The van der Waals surface area contributed by atoms with Gasteiger partial charge >= 0.3 is 6.36 Å². The Kier molecular flexibility index (Phi) is 3.80. The van der Waals surface area contributed by atoms with E-state index in [2.05, 4.69) is 9.84 Å². The Morgan fingerprint density at radius 1 is 1.25 bits per heavy atom. The van der Waals surface area contributed by atoms with E-state index in [1.54, 1.807) is 13.0 Å². The van der Waals surface area contributed by atoms with Crippen LogP contribution in [0.1, 0.15) is 5.69 Å². The zero-order valence-corrected chi connectivity index (χ0v) is 11.3. The van der Waals surface area contributed by atoms with Crippen molar-refractivity contribution in [1.82, 2.24) is 9.78 Å². The summed E-state index contributed by atoms with van der Waals surface area (Å²) >= 11 is 5.97. The van der Waals surface area contributed by atoms with E-state index in [1.807, 2.05) is 0 Å². The van der Waals surface area contributed by atoms with Crippen LogP contribution in [0.25, 0.3) is 5.69 Å². The lowest BCUT2D eigenvalue weighted by Gasteiger charge is -2.12. The zero-order valence-electron chi connectivity index (χ0n) is 10.5. The Labute approximate surface area is 117 Å². The maximum Gasteiger partial charge on any atom is 0.573 e. The summed E-state index contributed by atoms with van der Waals surface area (Å²) in [5.41, 5.74) is 1.08.